The number of carbonyl (C=O) groups excluding carboxylic acids is 3. The van der Waals surface area contributed by atoms with Gasteiger partial charge in [0.05, 0.1) is 12.3 Å². The van der Waals surface area contributed by atoms with Crippen molar-refractivity contribution in [2.75, 3.05) is 18.9 Å². The molecule has 1 aliphatic rings. The minimum Gasteiger partial charge on any atom is -0.464 e. The van der Waals surface area contributed by atoms with Gasteiger partial charge in [0, 0.05) is 13.8 Å². The van der Waals surface area contributed by atoms with Crippen LogP contribution in [0.25, 0.3) is 5.52 Å². The third-order valence-corrected chi connectivity index (χ3v) is 9.34. The van der Waals surface area contributed by atoms with Crippen LogP contribution in [0.3, 0.4) is 0 Å². The Morgan fingerprint density at radius 1 is 1.12 bits per heavy atom. The van der Waals surface area contributed by atoms with Crippen molar-refractivity contribution in [3.63, 3.8) is 0 Å². The number of ether oxygens (including phenoxy) is 4. The SMILES string of the molecule is CCC(CC)COC(=O)[C@H](C)NP(=O)(OC[C@@]1(C#N)O[C@@H](c2ccc3c(N)ncnn23)[C@H](OC(C)=O)[C@@H]1OC(C)=O)Oc1ccccc1. The second-order valence-electron chi connectivity index (χ2n) is 11.2. The van der Waals surface area contributed by atoms with Gasteiger partial charge in [-0.2, -0.15) is 15.4 Å². The number of nitrogens with one attached hydrogen (secondary N) is 1. The number of hydrogen-bond donors (Lipinski definition) is 2. The quantitative estimate of drug-likeness (QED) is 0.132. The van der Waals surface area contributed by atoms with E-state index in [1.807, 2.05) is 19.9 Å². The van der Waals surface area contributed by atoms with Gasteiger partial charge in [0.25, 0.3) is 0 Å². The third-order valence-electron chi connectivity index (χ3n) is 7.72. The first-order valence-corrected chi connectivity index (χ1v) is 16.8. The summed E-state index contributed by atoms with van der Waals surface area (Å²) in [6, 6.07) is 12.0. The Hall–Kier alpha value is -4.55. The Kier molecular flexibility index (Phi) is 11.8. The molecule has 1 aliphatic heterocycles. The standard InChI is InChI=1S/C31H39N6O10P/c1-6-22(7-2)15-42-30(40)19(3)36-48(41,47-23-11-9-8-10-12-23)43-17-31(16-32)28(45-21(5)39)27(44-20(4)38)26(46-31)24-13-14-25-29(33)34-18-35-37(24)25/h8-14,18-19,22,26-28H,6-7,15,17H2,1-5H3,(H,36,41)(H2,33,34,35)/t19-,26-,27-,28-,31+,48?/m0/s1. The lowest BCUT2D eigenvalue weighted by atomic mass is 9.95. The van der Waals surface area contributed by atoms with E-state index in [1.165, 1.54) is 29.9 Å². The lowest BCUT2D eigenvalue weighted by Gasteiger charge is -2.30. The number of esters is 3. The molecule has 258 valence electrons. The number of fused-ring (bicyclic) bond motifs is 1. The summed E-state index contributed by atoms with van der Waals surface area (Å²) in [6.45, 7) is 6.95. The number of anilines is 1. The van der Waals surface area contributed by atoms with Crippen LogP contribution in [0.4, 0.5) is 5.82 Å². The summed E-state index contributed by atoms with van der Waals surface area (Å²) in [6.07, 6.45) is -1.44. The highest BCUT2D eigenvalue weighted by molar-refractivity contribution is 7.52. The van der Waals surface area contributed by atoms with Crippen molar-refractivity contribution >= 4 is 37.0 Å². The van der Waals surface area contributed by atoms with E-state index in [0.717, 1.165) is 26.7 Å². The summed E-state index contributed by atoms with van der Waals surface area (Å²) < 4.78 is 50.0. The summed E-state index contributed by atoms with van der Waals surface area (Å²) in [5.41, 5.74) is 4.44. The van der Waals surface area contributed by atoms with Gasteiger partial charge >= 0.3 is 25.7 Å². The number of carbonyl (C=O) groups is 3. The average molecular weight is 687 g/mol. The van der Waals surface area contributed by atoms with Crippen LogP contribution in [0.15, 0.2) is 48.8 Å². The first-order valence-electron chi connectivity index (χ1n) is 15.3. The van der Waals surface area contributed by atoms with Crippen LogP contribution in [-0.4, -0.2) is 69.6 Å². The van der Waals surface area contributed by atoms with Crippen LogP contribution in [0, 0.1) is 17.2 Å². The Morgan fingerprint density at radius 3 is 2.44 bits per heavy atom. The molecule has 0 amide bonds. The van der Waals surface area contributed by atoms with Crippen LogP contribution in [0.2, 0.25) is 0 Å². The second-order valence-corrected chi connectivity index (χ2v) is 12.9. The molecule has 6 atom stereocenters. The van der Waals surface area contributed by atoms with Crippen molar-refractivity contribution in [3.05, 3.63) is 54.5 Å². The lowest BCUT2D eigenvalue weighted by molar-refractivity contribution is -0.166. The number of para-hydroxylation sites is 1. The Bertz CT molecular complexity index is 1690. The molecule has 1 fully saturated rings. The summed E-state index contributed by atoms with van der Waals surface area (Å²) in [5.74, 6) is -1.89. The highest BCUT2D eigenvalue weighted by atomic mass is 31.2. The maximum absolute atomic E-state index is 14.3. The van der Waals surface area contributed by atoms with Gasteiger partial charge in [-0.3, -0.25) is 18.9 Å². The number of rotatable bonds is 15. The molecule has 3 aromatic rings. The zero-order valence-corrected chi connectivity index (χ0v) is 28.1. The maximum atomic E-state index is 14.3. The zero-order valence-electron chi connectivity index (χ0n) is 27.2. The number of nitrogens with zero attached hydrogens (tertiary/aromatic N) is 4. The Balaban J connectivity index is 1.69. The first-order chi connectivity index (χ1) is 22.8. The molecule has 0 aliphatic carbocycles. The summed E-state index contributed by atoms with van der Waals surface area (Å²) in [4.78, 5) is 41.5. The molecule has 0 radical (unpaired) electrons. The Morgan fingerprint density at radius 2 is 1.81 bits per heavy atom. The minimum atomic E-state index is -4.53. The predicted octanol–water partition coefficient (Wildman–Crippen LogP) is 3.67. The highest BCUT2D eigenvalue weighted by Crippen LogP contribution is 2.49. The number of nitriles is 1. The summed E-state index contributed by atoms with van der Waals surface area (Å²) in [5, 5.41) is 17.4. The average Bonchev–Trinajstić information content (AvgIpc) is 3.60. The summed E-state index contributed by atoms with van der Waals surface area (Å²) in [7, 11) is -4.53. The van der Waals surface area contributed by atoms with Crippen molar-refractivity contribution in [1.82, 2.24) is 19.7 Å². The molecule has 0 saturated carbocycles. The van der Waals surface area contributed by atoms with Gasteiger partial charge in [0.1, 0.15) is 42.4 Å². The molecule has 4 rings (SSSR count). The van der Waals surface area contributed by atoms with Crippen LogP contribution >= 0.6 is 7.75 Å². The van der Waals surface area contributed by atoms with Crippen molar-refractivity contribution in [3.8, 4) is 11.8 Å². The van der Waals surface area contributed by atoms with Gasteiger partial charge in [-0.1, -0.05) is 44.9 Å². The fourth-order valence-electron chi connectivity index (χ4n) is 5.13. The molecule has 48 heavy (non-hydrogen) atoms. The molecular weight excluding hydrogens is 647 g/mol. The van der Waals surface area contributed by atoms with E-state index >= 15 is 0 Å². The van der Waals surface area contributed by atoms with Crippen LogP contribution in [0.5, 0.6) is 5.75 Å². The molecule has 1 saturated heterocycles. The molecule has 0 bridgehead atoms. The minimum absolute atomic E-state index is 0.119. The van der Waals surface area contributed by atoms with Crippen molar-refractivity contribution in [2.45, 2.75) is 77.4 Å². The molecule has 3 N–H and O–H groups in total. The lowest BCUT2D eigenvalue weighted by Crippen LogP contribution is -2.49. The van der Waals surface area contributed by atoms with Crippen molar-refractivity contribution < 1.29 is 46.9 Å². The van der Waals surface area contributed by atoms with E-state index in [1.54, 1.807) is 30.3 Å². The molecular formula is C31H39N6O10P. The number of hydrogen-bond acceptors (Lipinski definition) is 14. The number of aromatic nitrogens is 3. The monoisotopic (exact) mass is 686 g/mol. The largest absolute Gasteiger partial charge is 0.464 e. The van der Waals surface area contributed by atoms with Gasteiger partial charge in [-0.05, 0) is 37.1 Å². The second kappa shape index (κ2) is 15.6. The molecule has 2 aromatic heterocycles. The van der Waals surface area contributed by atoms with Gasteiger partial charge in [-0.15, -0.1) is 0 Å². The zero-order chi connectivity index (χ0) is 35.1. The molecule has 0 spiro atoms. The normalized spacial score (nSPS) is 22.4. The topological polar surface area (TPSA) is 216 Å². The van der Waals surface area contributed by atoms with Crippen molar-refractivity contribution in [1.29, 1.82) is 5.26 Å². The molecule has 1 aromatic carbocycles. The fourth-order valence-corrected chi connectivity index (χ4v) is 6.65. The van der Waals surface area contributed by atoms with Gasteiger partial charge in [-0.25, -0.2) is 14.1 Å². The summed E-state index contributed by atoms with van der Waals surface area (Å²) >= 11 is 0. The third kappa shape index (κ3) is 8.29. The predicted molar refractivity (Wildman–Crippen MR) is 169 cm³/mol. The van der Waals surface area contributed by atoms with E-state index in [9.17, 15) is 24.2 Å². The molecule has 1 unspecified atom stereocenters. The van der Waals surface area contributed by atoms with Crippen LogP contribution in [-0.2, 0) is 42.4 Å². The number of benzene rings is 1. The van der Waals surface area contributed by atoms with Gasteiger partial charge in [0.2, 0.25) is 5.60 Å². The first kappa shape index (κ1) is 36.3. The van der Waals surface area contributed by atoms with E-state index in [4.69, 9.17) is 33.7 Å². The van der Waals surface area contributed by atoms with Crippen LogP contribution < -0.4 is 15.3 Å². The van der Waals surface area contributed by atoms with E-state index in [2.05, 4.69) is 15.2 Å². The van der Waals surface area contributed by atoms with E-state index in [0.29, 0.717) is 5.52 Å². The van der Waals surface area contributed by atoms with Crippen molar-refractivity contribution in [2.24, 2.45) is 5.92 Å². The van der Waals surface area contributed by atoms with Gasteiger partial charge < -0.3 is 29.2 Å². The molecule has 16 nitrogen and oxygen atoms in total. The van der Waals surface area contributed by atoms with E-state index in [-0.39, 0.29) is 29.8 Å². The smallest absolute Gasteiger partial charge is 0.459 e. The molecule has 3 heterocycles. The van der Waals surface area contributed by atoms with Crippen LogP contribution in [0.1, 0.15) is 59.3 Å². The molecule has 17 heteroatoms. The Labute approximate surface area is 277 Å². The number of nitrogens with two attached hydrogens (primary N) is 1. The number of nitrogen functional groups attached to an aromatic ring is 1. The maximum Gasteiger partial charge on any atom is 0.459 e. The van der Waals surface area contributed by atoms with E-state index < -0.39 is 62.2 Å². The highest BCUT2D eigenvalue weighted by Gasteiger charge is 2.62. The fraction of sp³-hybridized carbons (Fsp3) is 0.484. The van der Waals surface area contributed by atoms with Gasteiger partial charge in [0.15, 0.2) is 18.0 Å².